The number of aromatic nitrogens is 4. The van der Waals surface area contributed by atoms with Gasteiger partial charge in [-0.25, -0.2) is 9.97 Å². The van der Waals surface area contributed by atoms with Crippen molar-refractivity contribution >= 4 is 5.82 Å². The van der Waals surface area contributed by atoms with Crippen molar-refractivity contribution in [3.05, 3.63) is 23.7 Å². The molecule has 0 aliphatic carbocycles. The van der Waals surface area contributed by atoms with Crippen molar-refractivity contribution in [2.45, 2.75) is 27.2 Å². The summed E-state index contributed by atoms with van der Waals surface area (Å²) in [6, 6.07) is 1.96. The van der Waals surface area contributed by atoms with Gasteiger partial charge in [0.2, 0.25) is 0 Å². The lowest BCUT2D eigenvalue weighted by molar-refractivity contribution is 0.740. The van der Waals surface area contributed by atoms with Crippen LogP contribution in [-0.2, 0) is 7.05 Å². The number of hydrogen-bond acceptors (Lipinski definition) is 4. The van der Waals surface area contributed by atoms with E-state index in [-0.39, 0.29) is 0 Å². The Balaban J connectivity index is 2.38. The topological polar surface area (TPSA) is 55.6 Å². The number of hydrogen-bond donors (Lipinski definition) is 1. The molecule has 0 aliphatic heterocycles. The highest BCUT2D eigenvalue weighted by molar-refractivity contribution is 5.59. The Morgan fingerprint density at radius 3 is 2.67 bits per heavy atom. The highest BCUT2D eigenvalue weighted by Crippen LogP contribution is 2.20. The summed E-state index contributed by atoms with van der Waals surface area (Å²) >= 11 is 0. The first-order valence-corrected chi connectivity index (χ1v) is 6.20. The highest BCUT2D eigenvalue weighted by atomic mass is 15.3. The molecule has 2 aromatic rings. The fraction of sp³-hybridized carbons (Fsp3) is 0.462. The monoisotopic (exact) mass is 245 g/mol. The molecular formula is C13H19N5. The Bertz CT molecular complexity index is 544. The molecule has 2 rings (SSSR count). The van der Waals surface area contributed by atoms with Gasteiger partial charge < -0.3 is 5.32 Å². The fourth-order valence-electron chi connectivity index (χ4n) is 1.75. The Hall–Kier alpha value is -1.91. The number of nitrogens with one attached hydrogen (secondary N) is 1. The van der Waals surface area contributed by atoms with Gasteiger partial charge in [0.05, 0.1) is 11.8 Å². The first-order chi connectivity index (χ1) is 8.61. The van der Waals surface area contributed by atoms with Crippen LogP contribution in [0.3, 0.4) is 0 Å². The predicted octanol–water partition coefficient (Wildman–Crippen LogP) is 2.32. The molecule has 0 aliphatic rings. The molecule has 5 heteroatoms. The Kier molecular flexibility index (Phi) is 3.60. The van der Waals surface area contributed by atoms with Gasteiger partial charge in [0.25, 0.3) is 0 Å². The van der Waals surface area contributed by atoms with Gasteiger partial charge in [-0.15, -0.1) is 0 Å². The van der Waals surface area contributed by atoms with Crippen molar-refractivity contribution in [1.82, 2.24) is 19.7 Å². The van der Waals surface area contributed by atoms with E-state index in [0.717, 1.165) is 41.6 Å². The molecule has 0 spiro atoms. The van der Waals surface area contributed by atoms with Crippen molar-refractivity contribution in [3.8, 4) is 11.4 Å². The summed E-state index contributed by atoms with van der Waals surface area (Å²) in [4.78, 5) is 9.02. The lowest BCUT2D eigenvalue weighted by atomic mass is 10.2. The maximum absolute atomic E-state index is 4.54. The minimum absolute atomic E-state index is 0.735. The molecule has 0 radical (unpaired) electrons. The second kappa shape index (κ2) is 5.16. The molecule has 1 N–H and O–H groups in total. The van der Waals surface area contributed by atoms with E-state index >= 15 is 0 Å². The van der Waals surface area contributed by atoms with Crippen LogP contribution in [0, 0.1) is 13.8 Å². The summed E-state index contributed by atoms with van der Waals surface area (Å²) in [6.45, 7) is 7.05. The van der Waals surface area contributed by atoms with Gasteiger partial charge >= 0.3 is 0 Å². The quantitative estimate of drug-likeness (QED) is 0.898. The molecule has 2 aromatic heterocycles. The molecule has 0 saturated heterocycles. The SMILES string of the molecule is CCCNc1cc(C)nc(-c2cnn(C)c2C)n1. The van der Waals surface area contributed by atoms with Crippen molar-refractivity contribution in [3.63, 3.8) is 0 Å². The van der Waals surface area contributed by atoms with E-state index in [1.807, 2.05) is 37.8 Å². The van der Waals surface area contributed by atoms with Gasteiger partial charge in [0, 0.05) is 31.0 Å². The van der Waals surface area contributed by atoms with Gasteiger partial charge in [-0.2, -0.15) is 5.10 Å². The maximum atomic E-state index is 4.54. The van der Waals surface area contributed by atoms with E-state index in [4.69, 9.17) is 0 Å². The predicted molar refractivity (Wildman–Crippen MR) is 72.5 cm³/mol. The standard InChI is InChI=1S/C13H19N5/c1-5-6-14-12-7-9(2)16-13(17-12)11-8-15-18(4)10(11)3/h7-8H,5-6H2,1-4H3,(H,14,16,17). The van der Waals surface area contributed by atoms with Gasteiger partial charge in [0.15, 0.2) is 5.82 Å². The second-order valence-corrected chi connectivity index (χ2v) is 4.41. The van der Waals surface area contributed by atoms with Gasteiger partial charge in [-0.3, -0.25) is 4.68 Å². The molecule has 96 valence electrons. The van der Waals surface area contributed by atoms with E-state index in [1.54, 1.807) is 0 Å². The minimum Gasteiger partial charge on any atom is -0.370 e. The van der Waals surface area contributed by atoms with Crippen LogP contribution in [0.5, 0.6) is 0 Å². The number of nitrogens with zero attached hydrogens (tertiary/aromatic N) is 4. The summed E-state index contributed by atoms with van der Waals surface area (Å²) < 4.78 is 1.83. The first kappa shape index (κ1) is 12.5. The lowest BCUT2D eigenvalue weighted by Gasteiger charge is -2.07. The van der Waals surface area contributed by atoms with Crippen molar-refractivity contribution in [2.24, 2.45) is 7.05 Å². The van der Waals surface area contributed by atoms with Crippen LogP contribution in [0.15, 0.2) is 12.3 Å². The Morgan fingerprint density at radius 2 is 2.06 bits per heavy atom. The lowest BCUT2D eigenvalue weighted by Crippen LogP contribution is -2.04. The van der Waals surface area contributed by atoms with E-state index in [1.165, 1.54) is 0 Å². The number of rotatable bonds is 4. The zero-order valence-corrected chi connectivity index (χ0v) is 11.4. The molecule has 0 atom stereocenters. The minimum atomic E-state index is 0.735. The van der Waals surface area contributed by atoms with Crippen LogP contribution >= 0.6 is 0 Å². The molecule has 0 amide bonds. The third-order valence-corrected chi connectivity index (χ3v) is 2.89. The van der Waals surface area contributed by atoms with Crippen molar-refractivity contribution in [2.75, 3.05) is 11.9 Å². The Labute approximate surface area is 107 Å². The number of anilines is 1. The smallest absolute Gasteiger partial charge is 0.165 e. The van der Waals surface area contributed by atoms with Gasteiger partial charge in [0.1, 0.15) is 5.82 Å². The zero-order valence-electron chi connectivity index (χ0n) is 11.4. The third-order valence-electron chi connectivity index (χ3n) is 2.89. The van der Waals surface area contributed by atoms with E-state index in [9.17, 15) is 0 Å². The van der Waals surface area contributed by atoms with Gasteiger partial charge in [-0.1, -0.05) is 6.92 Å². The summed E-state index contributed by atoms with van der Waals surface area (Å²) in [5, 5.41) is 7.52. The molecule has 5 nitrogen and oxygen atoms in total. The molecule has 18 heavy (non-hydrogen) atoms. The second-order valence-electron chi connectivity index (χ2n) is 4.41. The summed E-state index contributed by atoms with van der Waals surface area (Å²) in [5.74, 6) is 1.61. The van der Waals surface area contributed by atoms with Crippen LogP contribution in [0.4, 0.5) is 5.82 Å². The van der Waals surface area contributed by atoms with Crippen molar-refractivity contribution in [1.29, 1.82) is 0 Å². The normalized spacial score (nSPS) is 10.7. The number of aryl methyl sites for hydroxylation is 2. The largest absolute Gasteiger partial charge is 0.370 e. The fourth-order valence-corrected chi connectivity index (χ4v) is 1.75. The molecule has 2 heterocycles. The summed E-state index contributed by atoms with van der Waals surface area (Å²) in [6.07, 6.45) is 2.89. The van der Waals surface area contributed by atoms with Gasteiger partial charge in [-0.05, 0) is 20.3 Å². The molecule has 0 bridgehead atoms. The molecule has 0 unspecified atom stereocenters. The molecule has 0 aromatic carbocycles. The molecule has 0 fully saturated rings. The highest BCUT2D eigenvalue weighted by Gasteiger charge is 2.10. The van der Waals surface area contributed by atoms with E-state index < -0.39 is 0 Å². The van der Waals surface area contributed by atoms with Crippen LogP contribution in [0.2, 0.25) is 0 Å². The Morgan fingerprint density at radius 1 is 1.28 bits per heavy atom. The van der Waals surface area contributed by atoms with Crippen molar-refractivity contribution < 1.29 is 0 Å². The van der Waals surface area contributed by atoms with Crippen LogP contribution in [0.1, 0.15) is 24.7 Å². The average molecular weight is 245 g/mol. The van der Waals surface area contributed by atoms with Crippen LogP contribution in [0.25, 0.3) is 11.4 Å². The first-order valence-electron chi connectivity index (χ1n) is 6.20. The zero-order chi connectivity index (χ0) is 13.1. The van der Waals surface area contributed by atoms with E-state index in [2.05, 4.69) is 27.3 Å². The molecular weight excluding hydrogens is 226 g/mol. The third kappa shape index (κ3) is 2.50. The average Bonchev–Trinajstić information content (AvgIpc) is 2.67. The summed E-state index contributed by atoms with van der Waals surface area (Å²) in [5.41, 5.74) is 3.02. The van der Waals surface area contributed by atoms with Crippen LogP contribution in [-0.4, -0.2) is 26.3 Å². The maximum Gasteiger partial charge on any atom is 0.165 e. The van der Waals surface area contributed by atoms with Crippen LogP contribution < -0.4 is 5.32 Å². The summed E-state index contributed by atoms with van der Waals surface area (Å²) in [7, 11) is 1.92. The van der Waals surface area contributed by atoms with E-state index in [0.29, 0.717) is 0 Å². The molecule has 0 saturated carbocycles.